The molecule has 0 fully saturated rings. The van der Waals surface area contributed by atoms with Crippen LogP contribution in [0.3, 0.4) is 0 Å². The van der Waals surface area contributed by atoms with Crippen molar-refractivity contribution in [2.24, 2.45) is 5.10 Å². The summed E-state index contributed by atoms with van der Waals surface area (Å²) in [6.07, 6.45) is 1.58. The second kappa shape index (κ2) is 9.25. The van der Waals surface area contributed by atoms with E-state index in [9.17, 15) is 4.79 Å². The molecule has 0 spiro atoms. The first kappa shape index (κ1) is 21.0. The number of nitriles is 1. The van der Waals surface area contributed by atoms with Crippen molar-refractivity contribution in [2.45, 2.75) is 0 Å². The van der Waals surface area contributed by atoms with E-state index in [0.29, 0.717) is 31.4 Å². The highest BCUT2D eigenvalue weighted by molar-refractivity contribution is 9.11. The van der Waals surface area contributed by atoms with Crippen molar-refractivity contribution in [3.8, 4) is 23.2 Å². The van der Waals surface area contributed by atoms with Gasteiger partial charge in [-0.15, -0.1) is 0 Å². The van der Waals surface area contributed by atoms with Crippen LogP contribution in [0.4, 0.5) is 0 Å². The molecule has 0 saturated carbocycles. The van der Waals surface area contributed by atoms with Crippen LogP contribution in [-0.2, 0) is 0 Å². The van der Waals surface area contributed by atoms with Crippen LogP contribution >= 0.6 is 31.9 Å². The topological polar surface area (TPSA) is 80.3 Å². The molecule has 4 rings (SSSR count). The highest BCUT2D eigenvalue weighted by Gasteiger charge is 2.13. The standard InChI is InChI=1S/C23H14Br2N4O2/c24-18-12-15(13-19(25)21(18)31-11-10-26)14-27-29-22(16-6-2-1-3-7-16)28-20-9-5-4-8-17(20)23(29)30/h1-9,12-14H,11H2. The molecule has 0 aliphatic heterocycles. The maximum Gasteiger partial charge on any atom is 0.282 e. The molecular weight excluding hydrogens is 524 g/mol. The monoisotopic (exact) mass is 536 g/mol. The normalized spacial score (nSPS) is 11.0. The van der Waals surface area contributed by atoms with Crippen molar-refractivity contribution in [3.63, 3.8) is 0 Å². The van der Waals surface area contributed by atoms with Gasteiger partial charge in [0, 0.05) is 5.56 Å². The van der Waals surface area contributed by atoms with Gasteiger partial charge >= 0.3 is 0 Å². The first-order valence-electron chi connectivity index (χ1n) is 9.19. The summed E-state index contributed by atoms with van der Waals surface area (Å²) >= 11 is 6.89. The molecule has 1 heterocycles. The average molecular weight is 538 g/mol. The Kier molecular flexibility index (Phi) is 6.26. The van der Waals surface area contributed by atoms with Crippen LogP contribution in [0.5, 0.6) is 5.75 Å². The Morgan fingerprint density at radius 2 is 1.74 bits per heavy atom. The van der Waals surface area contributed by atoms with Crippen molar-refractivity contribution in [3.05, 3.63) is 91.6 Å². The number of nitrogens with zero attached hydrogens (tertiary/aromatic N) is 4. The van der Waals surface area contributed by atoms with Crippen LogP contribution in [0.15, 0.2) is 85.6 Å². The quantitative estimate of drug-likeness (QED) is 0.320. The molecule has 0 bridgehead atoms. The summed E-state index contributed by atoms with van der Waals surface area (Å²) in [6.45, 7) is -0.0662. The number of hydrogen-bond acceptors (Lipinski definition) is 5. The predicted molar refractivity (Wildman–Crippen MR) is 127 cm³/mol. The summed E-state index contributed by atoms with van der Waals surface area (Å²) < 4.78 is 8.04. The third kappa shape index (κ3) is 4.43. The van der Waals surface area contributed by atoms with Gasteiger partial charge in [-0.25, -0.2) is 4.98 Å². The van der Waals surface area contributed by atoms with Gasteiger partial charge in [-0.1, -0.05) is 42.5 Å². The van der Waals surface area contributed by atoms with Gasteiger partial charge in [0.2, 0.25) is 0 Å². The first-order valence-corrected chi connectivity index (χ1v) is 10.8. The van der Waals surface area contributed by atoms with Gasteiger partial charge in [-0.3, -0.25) is 4.79 Å². The van der Waals surface area contributed by atoms with Crippen molar-refractivity contribution >= 4 is 49.0 Å². The van der Waals surface area contributed by atoms with E-state index in [1.807, 2.05) is 48.5 Å². The number of ether oxygens (including phenoxy) is 1. The molecule has 1 aromatic heterocycles. The van der Waals surface area contributed by atoms with Crippen molar-refractivity contribution in [2.75, 3.05) is 6.61 Å². The molecule has 0 unspecified atom stereocenters. The van der Waals surface area contributed by atoms with Crippen LogP contribution in [0.1, 0.15) is 5.56 Å². The van der Waals surface area contributed by atoms with Crippen molar-refractivity contribution < 1.29 is 4.74 Å². The summed E-state index contributed by atoms with van der Waals surface area (Å²) in [7, 11) is 0. The lowest BCUT2D eigenvalue weighted by molar-refractivity contribution is 0.363. The molecule has 0 aliphatic rings. The number of para-hydroxylation sites is 1. The third-order valence-electron chi connectivity index (χ3n) is 4.41. The molecule has 4 aromatic rings. The number of benzene rings is 3. The molecule has 6 nitrogen and oxygen atoms in total. The summed E-state index contributed by atoms with van der Waals surface area (Å²) in [6, 6.07) is 22.2. The fraction of sp³-hybridized carbons (Fsp3) is 0.0435. The number of fused-ring (bicyclic) bond motifs is 1. The van der Waals surface area contributed by atoms with Gasteiger partial charge in [0.1, 0.15) is 11.8 Å². The molecule has 0 N–H and O–H groups in total. The van der Waals surface area contributed by atoms with Crippen LogP contribution in [0, 0.1) is 11.3 Å². The Morgan fingerprint density at radius 3 is 2.45 bits per heavy atom. The Labute approximate surface area is 194 Å². The lowest BCUT2D eigenvalue weighted by Crippen LogP contribution is -2.20. The van der Waals surface area contributed by atoms with Crippen LogP contribution in [0.25, 0.3) is 22.3 Å². The highest BCUT2D eigenvalue weighted by atomic mass is 79.9. The van der Waals surface area contributed by atoms with Gasteiger partial charge in [-0.2, -0.15) is 15.0 Å². The van der Waals surface area contributed by atoms with Crippen LogP contribution in [-0.4, -0.2) is 22.5 Å². The molecule has 0 radical (unpaired) electrons. The average Bonchev–Trinajstić information content (AvgIpc) is 2.78. The summed E-state index contributed by atoms with van der Waals surface area (Å²) in [5.74, 6) is 0.973. The van der Waals surface area contributed by atoms with E-state index in [4.69, 9.17) is 10.00 Å². The van der Waals surface area contributed by atoms with Crippen molar-refractivity contribution in [1.82, 2.24) is 9.66 Å². The minimum atomic E-state index is -0.257. The largest absolute Gasteiger partial charge is 0.476 e. The van der Waals surface area contributed by atoms with E-state index in [0.717, 1.165) is 11.1 Å². The van der Waals surface area contributed by atoms with E-state index in [1.54, 1.807) is 30.5 Å². The SMILES string of the molecule is N#CCOc1c(Br)cc(C=Nn2c(-c3ccccc3)nc3ccccc3c2=O)cc1Br. The van der Waals surface area contributed by atoms with Crippen LogP contribution in [0.2, 0.25) is 0 Å². The van der Waals surface area contributed by atoms with Gasteiger partial charge in [0.15, 0.2) is 12.4 Å². The van der Waals surface area contributed by atoms with Gasteiger partial charge in [0.25, 0.3) is 5.56 Å². The lowest BCUT2D eigenvalue weighted by Gasteiger charge is -2.10. The molecule has 0 atom stereocenters. The third-order valence-corrected chi connectivity index (χ3v) is 5.59. The molecule has 0 aliphatic carbocycles. The zero-order valence-corrected chi connectivity index (χ0v) is 19.2. The molecule has 152 valence electrons. The highest BCUT2D eigenvalue weighted by Crippen LogP contribution is 2.34. The number of halogens is 2. The summed E-state index contributed by atoms with van der Waals surface area (Å²) in [4.78, 5) is 17.9. The molecule has 0 saturated heterocycles. The molecule has 0 amide bonds. The van der Waals surface area contributed by atoms with Gasteiger partial charge in [0.05, 0.1) is 26.1 Å². The predicted octanol–water partition coefficient (Wildman–Crippen LogP) is 5.37. The first-order chi connectivity index (χ1) is 15.1. The Bertz CT molecular complexity index is 1370. The van der Waals surface area contributed by atoms with E-state index < -0.39 is 0 Å². The fourth-order valence-corrected chi connectivity index (χ4v) is 4.48. The number of rotatable bonds is 5. The Morgan fingerprint density at radius 1 is 1.06 bits per heavy atom. The van der Waals surface area contributed by atoms with Gasteiger partial charge < -0.3 is 4.74 Å². The Hall–Kier alpha value is -3.28. The lowest BCUT2D eigenvalue weighted by atomic mass is 10.2. The second-order valence-electron chi connectivity index (χ2n) is 6.44. The zero-order valence-electron chi connectivity index (χ0n) is 16.0. The molecule has 31 heavy (non-hydrogen) atoms. The van der Waals surface area contributed by atoms with Crippen molar-refractivity contribution in [1.29, 1.82) is 5.26 Å². The molecule has 8 heteroatoms. The number of aromatic nitrogens is 2. The van der Waals surface area contributed by atoms with E-state index in [2.05, 4.69) is 41.9 Å². The minimum Gasteiger partial charge on any atom is -0.476 e. The van der Waals surface area contributed by atoms with E-state index >= 15 is 0 Å². The maximum atomic E-state index is 13.2. The van der Waals surface area contributed by atoms with E-state index in [-0.39, 0.29) is 12.2 Å². The smallest absolute Gasteiger partial charge is 0.282 e. The summed E-state index contributed by atoms with van der Waals surface area (Å²) in [5, 5.41) is 13.7. The second-order valence-corrected chi connectivity index (χ2v) is 8.15. The Balaban J connectivity index is 1.83. The van der Waals surface area contributed by atoms with E-state index in [1.165, 1.54) is 4.68 Å². The molecular formula is C23H14Br2N4O2. The molecule has 3 aromatic carbocycles. The minimum absolute atomic E-state index is 0.0662. The van der Waals surface area contributed by atoms with Gasteiger partial charge in [-0.05, 0) is 61.7 Å². The fourth-order valence-electron chi connectivity index (χ4n) is 3.03. The summed E-state index contributed by atoms with van der Waals surface area (Å²) in [5.41, 5.74) is 1.86. The van der Waals surface area contributed by atoms with Crippen LogP contribution < -0.4 is 10.3 Å². The zero-order chi connectivity index (χ0) is 21.8. The maximum absolute atomic E-state index is 13.2. The number of hydrogen-bond donors (Lipinski definition) is 0.